The lowest BCUT2D eigenvalue weighted by atomic mass is 9.99. The van der Waals surface area contributed by atoms with E-state index in [1.54, 1.807) is 0 Å². The van der Waals surface area contributed by atoms with E-state index in [2.05, 4.69) is 34.6 Å². The number of rotatable bonds is 7. The molecule has 0 aliphatic rings. The van der Waals surface area contributed by atoms with Crippen LogP contribution in [0.2, 0.25) is 0 Å². The molecular weight excluding hydrogens is 382 g/mol. The number of nitrogens with one attached hydrogen (secondary N) is 1. The van der Waals surface area contributed by atoms with Gasteiger partial charge in [0.15, 0.2) is 0 Å². The summed E-state index contributed by atoms with van der Waals surface area (Å²) >= 11 is 0. The molecule has 156 valence electrons. The van der Waals surface area contributed by atoms with Gasteiger partial charge in [-0.05, 0) is 74.1 Å². The van der Waals surface area contributed by atoms with Gasteiger partial charge in [0.05, 0.1) is 5.52 Å². The van der Waals surface area contributed by atoms with Crippen LogP contribution in [0.4, 0.5) is 11.4 Å². The number of hydrogen-bond acceptors (Lipinski definition) is 3. The van der Waals surface area contributed by atoms with Crippen molar-refractivity contribution in [2.45, 2.75) is 32.6 Å². The van der Waals surface area contributed by atoms with Crippen LogP contribution in [-0.4, -0.2) is 10.9 Å². The van der Waals surface area contributed by atoms with E-state index in [-0.39, 0.29) is 5.91 Å². The van der Waals surface area contributed by atoms with Gasteiger partial charge < -0.3 is 11.1 Å². The fraction of sp³-hybridized carbons (Fsp3) is 0.185. The average Bonchev–Trinajstić information content (AvgIpc) is 2.78. The number of aryl methyl sites for hydroxylation is 3. The number of nitrogen functional groups attached to an aromatic ring is 1. The second-order valence-electron chi connectivity index (χ2n) is 7.89. The Morgan fingerprint density at radius 2 is 1.65 bits per heavy atom. The van der Waals surface area contributed by atoms with Crippen molar-refractivity contribution in [3.8, 4) is 0 Å². The highest BCUT2D eigenvalue weighted by Crippen LogP contribution is 2.25. The number of aromatic nitrogens is 1. The summed E-state index contributed by atoms with van der Waals surface area (Å²) in [7, 11) is 0. The number of pyridine rings is 1. The smallest absolute Gasteiger partial charge is 0.255 e. The molecule has 4 rings (SSSR count). The van der Waals surface area contributed by atoms with Crippen molar-refractivity contribution in [1.29, 1.82) is 0 Å². The summed E-state index contributed by atoms with van der Waals surface area (Å²) in [6, 6.07) is 25.9. The highest BCUT2D eigenvalue weighted by atomic mass is 16.1. The first kappa shape index (κ1) is 20.6. The van der Waals surface area contributed by atoms with Crippen molar-refractivity contribution < 1.29 is 4.79 Å². The van der Waals surface area contributed by atoms with E-state index >= 15 is 0 Å². The highest BCUT2D eigenvalue weighted by Gasteiger charge is 2.12. The van der Waals surface area contributed by atoms with Crippen LogP contribution < -0.4 is 11.1 Å². The molecule has 4 aromatic rings. The van der Waals surface area contributed by atoms with Gasteiger partial charge in [0.1, 0.15) is 0 Å². The van der Waals surface area contributed by atoms with Gasteiger partial charge in [-0.25, -0.2) is 0 Å². The molecule has 0 aliphatic heterocycles. The highest BCUT2D eigenvalue weighted by molar-refractivity contribution is 6.06. The molecule has 0 aliphatic carbocycles. The lowest BCUT2D eigenvalue weighted by Crippen LogP contribution is -2.14. The minimum absolute atomic E-state index is 0.100. The first-order valence-corrected chi connectivity index (χ1v) is 10.7. The fourth-order valence-corrected chi connectivity index (χ4v) is 3.92. The third-order valence-corrected chi connectivity index (χ3v) is 5.49. The van der Waals surface area contributed by atoms with Crippen LogP contribution in [0.25, 0.3) is 10.9 Å². The standard InChI is InChI=1S/C27H27N3O/c1-19-17-25(28)24-18-22(15-16-26(24)29-19)30-27(31)23-14-8-7-13-21(23)12-6-5-11-20-9-3-2-4-10-20/h2-4,7-10,13-18H,5-6,11-12H2,1H3,(H2,28,29)(H,30,31). The zero-order chi connectivity index (χ0) is 21.6. The lowest BCUT2D eigenvalue weighted by Gasteiger charge is -2.12. The SMILES string of the molecule is Cc1cc(N)c2cc(NC(=O)c3ccccc3CCCCc3ccccc3)ccc2n1. The maximum absolute atomic E-state index is 13.0. The Morgan fingerprint density at radius 3 is 2.48 bits per heavy atom. The minimum atomic E-state index is -0.100. The molecule has 0 atom stereocenters. The predicted molar refractivity (Wildman–Crippen MR) is 128 cm³/mol. The van der Waals surface area contributed by atoms with Gasteiger partial charge >= 0.3 is 0 Å². The van der Waals surface area contributed by atoms with Crippen molar-refractivity contribution >= 4 is 28.2 Å². The molecule has 4 heteroatoms. The van der Waals surface area contributed by atoms with Gasteiger partial charge in [0.2, 0.25) is 0 Å². The van der Waals surface area contributed by atoms with Crippen LogP contribution in [0, 0.1) is 6.92 Å². The topological polar surface area (TPSA) is 68.0 Å². The molecule has 3 N–H and O–H groups in total. The summed E-state index contributed by atoms with van der Waals surface area (Å²) < 4.78 is 0. The molecule has 1 amide bonds. The van der Waals surface area contributed by atoms with Gasteiger partial charge in [-0.1, -0.05) is 48.5 Å². The summed E-state index contributed by atoms with van der Waals surface area (Å²) in [6.07, 6.45) is 4.07. The van der Waals surface area contributed by atoms with Gasteiger partial charge in [0.25, 0.3) is 5.91 Å². The van der Waals surface area contributed by atoms with Crippen LogP contribution in [0.1, 0.15) is 40.0 Å². The normalized spacial score (nSPS) is 10.9. The zero-order valence-corrected chi connectivity index (χ0v) is 17.8. The summed E-state index contributed by atoms with van der Waals surface area (Å²) in [6.45, 7) is 1.92. The molecule has 0 radical (unpaired) electrons. The van der Waals surface area contributed by atoms with Gasteiger partial charge in [-0.15, -0.1) is 0 Å². The molecule has 0 saturated heterocycles. The number of benzene rings is 3. The molecule has 0 saturated carbocycles. The van der Waals surface area contributed by atoms with Crippen molar-refractivity contribution in [2.24, 2.45) is 0 Å². The molecular formula is C27H27N3O. The number of nitrogens with zero attached hydrogens (tertiary/aromatic N) is 1. The van der Waals surface area contributed by atoms with Crippen LogP contribution in [0.3, 0.4) is 0 Å². The largest absolute Gasteiger partial charge is 0.398 e. The van der Waals surface area contributed by atoms with Gasteiger partial charge in [-0.3, -0.25) is 9.78 Å². The number of anilines is 2. The van der Waals surface area contributed by atoms with Crippen LogP contribution in [0.5, 0.6) is 0 Å². The maximum Gasteiger partial charge on any atom is 0.255 e. The van der Waals surface area contributed by atoms with Crippen LogP contribution in [-0.2, 0) is 12.8 Å². The van der Waals surface area contributed by atoms with E-state index in [1.807, 2.05) is 61.5 Å². The molecule has 0 unspecified atom stereocenters. The molecule has 1 heterocycles. The Bertz CT molecular complexity index is 1200. The molecule has 31 heavy (non-hydrogen) atoms. The summed E-state index contributed by atoms with van der Waals surface area (Å²) in [5.74, 6) is -0.100. The first-order chi connectivity index (χ1) is 15.1. The Kier molecular flexibility index (Phi) is 6.27. The second kappa shape index (κ2) is 9.43. The van der Waals surface area contributed by atoms with Crippen LogP contribution in [0.15, 0.2) is 78.9 Å². The number of carbonyl (C=O) groups excluding carboxylic acids is 1. The zero-order valence-electron chi connectivity index (χ0n) is 17.8. The third kappa shape index (κ3) is 5.10. The summed E-state index contributed by atoms with van der Waals surface area (Å²) in [5, 5.41) is 3.87. The Balaban J connectivity index is 1.43. The number of fused-ring (bicyclic) bond motifs is 1. The van der Waals surface area contributed by atoms with E-state index in [4.69, 9.17) is 5.73 Å². The van der Waals surface area contributed by atoms with Gasteiger partial charge in [0, 0.05) is 28.0 Å². The lowest BCUT2D eigenvalue weighted by molar-refractivity contribution is 0.102. The van der Waals surface area contributed by atoms with Crippen molar-refractivity contribution in [2.75, 3.05) is 11.1 Å². The van der Waals surface area contributed by atoms with E-state index in [0.29, 0.717) is 11.4 Å². The van der Waals surface area contributed by atoms with Crippen molar-refractivity contribution in [3.63, 3.8) is 0 Å². The molecule has 1 aromatic heterocycles. The number of carbonyl (C=O) groups is 1. The number of hydrogen-bond donors (Lipinski definition) is 2. The number of amides is 1. The van der Waals surface area contributed by atoms with E-state index in [9.17, 15) is 4.79 Å². The second-order valence-corrected chi connectivity index (χ2v) is 7.89. The van der Waals surface area contributed by atoms with Gasteiger partial charge in [-0.2, -0.15) is 0 Å². The Morgan fingerprint density at radius 1 is 0.903 bits per heavy atom. The Hall–Kier alpha value is -3.66. The van der Waals surface area contributed by atoms with Crippen molar-refractivity contribution in [3.05, 3.63) is 101 Å². The van der Waals surface area contributed by atoms with E-state index in [1.165, 1.54) is 5.56 Å². The third-order valence-electron chi connectivity index (χ3n) is 5.49. The Labute approximate surface area is 183 Å². The molecule has 0 fully saturated rings. The monoisotopic (exact) mass is 409 g/mol. The molecule has 0 bridgehead atoms. The number of nitrogens with two attached hydrogens (primary N) is 1. The fourth-order valence-electron chi connectivity index (χ4n) is 3.92. The quantitative estimate of drug-likeness (QED) is 0.371. The first-order valence-electron chi connectivity index (χ1n) is 10.7. The molecule has 0 spiro atoms. The summed E-state index contributed by atoms with van der Waals surface area (Å²) in [4.78, 5) is 17.5. The molecule has 4 nitrogen and oxygen atoms in total. The predicted octanol–water partition coefficient (Wildman–Crippen LogP) is 5.94. The van der Waals surface area contributed by atoms with Crippen molar-refractivity contribution in [1.82, 2.24) is 4.98 Å². The maximum atomic E-state index is 13.0. The number of unbranched alkanes of at least 4 members (excludes halogenated alkanes) is 1. The molecule has 3 aromatic carbocycles. The average molecular weight is 410 g/mol. The van der Waals surface area contributed by atoms with Crippen LogP contribution >= 0.6 is 0 Å². The van der Waals surface area contributed by atoms with E-state index in [0.717, 1.165) is 53.4 Å². The minimum Gasteiger partial charge on any atom is -0.398 e. The summed E-state index contributed by atoms with van der Waals surface area (Å²) in [5.41, 5.74) is 12.4. The van der Waals surface area contributed by atoms with E-state index < -0.39 is 0 Å².